The number of hydrogen-bond donors (Lipinski definition) is 1. The van der Waals surface area contributed by atoms with Crippen LogP contribution in [0.1, 0.15) is 45.3 Å². The van der Waals surface area contributed by atoms with E-state index in [2.05, 4.69) is 36.2 Å². The minimum Gasteiger partial charge on any atom is -0.339 e. The van der Waals surface area contributed by atoms with Gasteiger partial charge in [-0.25, -0.2) is 0 Å². The molecule has 92 valence electrons. The van der Waals surface area contributed by atoms with Crippen LogP contribution in [0.2, 0.25) is 0 Å². The summed E-state index contributed by atoms with van der Waals surface area (Å²) in [5.41, 5.74) is 0. The van der Waals surface area contributed by atoms with Crippen molar-refractivity contribution in [3.63, 3.8) is 0 Å². The van der Waals surface area contributed by atoms with Crippen LogP contribution >= 0.6 is 0 Å². The maximum Gasteiger partial charge on any atom is 0.226 e. The van der Waals surface area contributed by atoms with Crippen molar-refractivity contribution in [1.82, 2.24) is 15.5 Å². The smallest absolute Gasteiger partial charge is 0.226 e. The van der Waals surface area contributed by atoms with Crippen molar-refractivity contribution < 1.29 is 4.52 Å². The quantitative estimate of drug-likeness (QED) is 0.773. The van der Waals surface area contributed by atoms with Crippen molar-refractivity contribution in [1.29, 1.82) is 0 Å². The van der Waals surface area contributed by atoms with Gasteiger partial charge in [0.25, 0.3) is 0 Å². The van der Waals surface area contributed by atoms with Gasteiger partial charge in [0.2, 0.25) is 5.89 Å². The zero-order chi connectivity index (χ0) is 12.0. The second-order valence-corrected chi connectivity index (χ2v) is 4.77. The summed E-state index contributed by atoms with van der Waals surface area (Å²) in [5.74, 6) is 2.30. The first-order chi connectivity index (χ1) is 7.61. The fraction of sp³-hybridized carbons (Fsp3) is 0.833. The van der Waals surface area contributed by atoms with Gasteiger partial charge in [-0.3, -0.25) is 0 Å². The molecule has 4 heteroatoms. The number of nitrogens with zero attached hydrogens (tertiary/aromatic N) is 2. The lowest BCUT2D eigenvalue weighted by atomic mass is 10.1. The van der Waals surface area contributed by atoms with Gasteiger partial charge in [0, 0.05) is 18.9 Å². The summed E-state index contributed by atoms with van der Waals surface area (Å²) >= 11 is 0. The maximum atomic E-state index is 5.20. The Hall–Kier alpha value is -0.900. The predicted molar refractivity (Wildman–Crippen MR) is 64.3 cm³/mol. The molecule has 1 unspecified atom stereocenters. The summed E-state index contributed by atoms with van der Waals surface area (Å²) in [6, 6.07) is 0.492. The topological polar surface area (TPSA) is 51.0 Å². The fourth-order valence-electron chi connectivity index (χ4n) is 1.40. The zero-order valence-electron chi connectivity index (χ0n) is 10.8. The Morgan fingerprint density at radius 3 is 2.56 bits per heavy atom. The van der Waals surface area contributed by atoms with E-state index < -0.39 is 0 Å². The van der Waals surface area contributed by atoms with Gasteiger partial charge in [0.15, 0.2) is 5.82 Å². The van der Waals surface area contributed by atoms with E-state index in [4.69, 9.17) is 4.52 Å². The van der Waals surface area contributed by atoms with Crippen LogP contribution in [0.3, 0.4) is 0 Å². The zero-order valence-corrected chi connectivity index (χ0v) is 10.8. The molecule has 0 spiro atoms. The highest BCUT2D eigenvalue weighted by Gasteiger charge is 2.08. The predicted octanol–water partition coefficient (Wildman–Crippen LogP) is 2.20. The standard InChI is InChI=1S/C12H23N3O/c1-9(2)5-7-11-14-12(16-15-11)8-6-10(3)13-4/h9-10,13H,5-8H2,1-4H3. The Labute approximate surface area is 97.8 Å². The van der Waals surface area contributed by atoms with Gasteiger partial charge < -0.3 is 9.84 Å². The lowest BCUT2D eigenvalue weighted by molar-refractivity contribution is 0.363. The largest absolute Gasteiger partial charge is 0.339 e. The van der Waals surface area contributed by atoms with E-state index in [1.807, 2.05) is 7.05 Å². The molecule has 4 nitrogen and oxygen atoms in total. The van der Waals surface area contributed by atoms with Crippen molar-refractivity contribution in [2.45, 2.75) is 52.5 Å². The minimum atomic E-state index is 0.492. The summed E-state index contributed by atoms with van der Waals surface area (Å²) in [6.07, 6.45) is 3.92. The van der Waals surface area contributed by atoms with Gasteiger partial charge in [-0.05, 0) is 32.7 Å². The molecular weight excluding hydrogens is 202 g/mol. The van der Waals surface area contributed by atoms with Crippen LogP contribution < -0.4 is 5.32 Å². The summed E-state index contributed by atoms with van der Waals surface area (Å²) in [7, 11) is 1.96. The van der Waals surface area contributed by atoms with Crippen LogP contribution in [0.5, 0.6) is 0 Å². The average molecular weight is 225 g/mol. The van der Waals surface area contributed by atoms with Gasteiger partial charge in [0.1, 0.15) is 0 Å². The van der Waals surface area contributed by atoms with E-state index in [1.165, 1.54) is 0 Å². The van der Waals surface area contributed by atoms with Crippen LogP contribution in [0, 0.1) is 5.92 Å². The number of aryl methyl sites for hydroxylation is 2. The van der Waals surface area contributed by atoms with Gasteiger partial charge in [0.05, 0.1) is 0 Å². The molecule has 0 fully saturated rings. The highest BCUT2D eigenvalue weighted by Crippen LogP contribution is 2.08. The molecule has 1 aromatic rings. The van der Waals surface area contributed by atoms with Crippen LogP contribution in [0.4, 0.5) is 0 Å². The number of rotatable bonds is 7. The van der Waals surface area contributed by atoms with Crippen molar-refractivity contribution in [2.24, 2.45) is 5.92 Å². The third-order valence-corrected chi connectivity index (χ3v) is 2.74. The van der Waals surface area contributed by atoms with Crippen molar-refractivity contribution in [2.75, 3.05) is 7.05 Å². The molecule has 1 aromatic heterocycles. The molecule has 0 aliphatic heterocycles. The van der Waals surface area contributed by atoms with Crippen molar-refractivity contribution in [3.05, 3.63) is 11.7 Å². The lowest BCUT2D eigenvalue weighted by Crippen LogP contribution is -2.21. The van der Waals surface area contributed by atoms with Gasteiger partial charge >= 0.3 is 0 Å². The molecule has 16 heavy (non-hydrogen) atoms. The SMILES string of the molecule is CNC(C)CCc1nc(CCC(C)C)no1. The molecule has 0 saturated carbocycles. The van der Waals surface area contributed by atoms with Gasteiger partial charge in [-0.15, -0.1) is 0 Å². The van der Waals surface area contributed by atoms with Gasteiger partial charge in [-0.2, -0.15) is 4.98 Å². The average Bonchev–Trinajstić information content (AvgIpc) is 2.71. The van der Waals surface area contributed by atoms with E-state index in [0.29, 0.717) is 12.0 Å². The highest BCUT2D eigenvalue weighted by atomic mass is 16.5. The molecule has 1 rings (SSSR count). The van der Waals surface area contributed by atoms with Crippen molar-refractivity contribution in [3.8, 4) is 0 Å². The molecular formula is C12H23N3O. The molecule has 0 radical (unpaired) electrons. The maximum absolute atomic E-state index is 5.20. The van der Waals surface area contributed by atoms with E-state index in [-0.39, 0.29) is 0 Å². The summed E-state index contributed by atoms with van der Waals surface area (Å²) in [5, 5.41) is 7.18. The molecule has 0 saturated heterocycles. The summed E-state index contributed by atoms with van der Waals surface area (Å²) in [4.78, 5) is 4.38. The Bertz CT molecular complexity index is 296. The van der Waals surface area contributed by atoms with Crippen molar-refractivity contribution >= 4 is 0 Å². The fourth-order valence-corrected chi connectivity index (χ4v) is 1.40. The third-order valence-electron chi connectivity index (χ3n) is 2.74. The van der Waals surface area contributed by atoms with E-state index in [1.54, 1.807) is 0 Å². The first-order valence-electron chi connectivity index (χ1n) is 6.10. The minimum absolute atomic E-state index is 0.492. The first kappa shape index (κ1) is 13.2. The molecule has 1 heterocycles. The third kappa shape index (κ3) is 4.75. The Balaban J connectivity index is 2.33. The second kappa shape index (κ2) is 6.63. The van der Waals surface area contributed by atoms with E-state index in [0.717, 1.165) is 37.4 Å². The molecule has 1 atom stereocenters. The Morgan fingerprint density at radius 1 is 1.19 bits per heavy atom. The lowest BCUT2D eigenvalue weighted by Gasteiger charge is -2.06. The number of hydrogen-bond acceptors (Lipinski definition) is 4. The van der Waals surface area contributed by atoms with E-state index >= 15 is 0 Å². The van der Waals surface area contributed by atoms with Crippen LogP contribution in [-0.2, 0) is 12.8 Å². The molecule has 0 aliphatic rings. The van der Waals surface area contributed by atoms with Crippen LogP contribution in [0.15, 0.2) is 4.52 Å². The molecule has 0 aliphatic carbocycles. The van der Waals surface area contributed by atoms with Crippen LogP contribution in [-0.4, -0.2) is 23.2 Å². The second-order valence-electron chi connectivity index (χ2n) is 4.77. The Kier molecular flexibility index (Phi) is 5.46. The van der Waals surface area contributed by atoms with Gasteiger partial charge in [-0.1, -0.05) is 19.0 Å². The number of aromatic nitrogens is 2. The molecule has 0 bridgehead atoms. The highest BCUT2D eigenvalue weighted by molar-refractivity contribution is 4.87. The molecule has 1 N–H and O–H groups in total. The van der Waals surface area contributed by atoms with E-state index in [9.17, 15) is 0 Å². The van der Waals surface area contributed by atoms with Crippen LogP contribution in [0.25, 0.3) is 0 Å². The number of nitrogens with one attached hydrogen (secondary N) is 1. The summed E-state index contributed by atoms with van der Waals surface area (Å²) < 4.78 is 5.20. The Morgan fingerprint density at radius 2 is 1.94 bits per heavy atom. The monoisotopic (exact) mass is 225 g/mol. The summed E-state index contributed by atoms with van der Waals surface area (Å²) in [6.45, 7) is 6.56. The first-order valence-corrected chi connectivity index (χ1v) is 6.10. The normalized spacial score (nSPS) is 13.3. The molecule has 0 aromatic carbocycles. The molecule has 0 amide bonds.